The number of nitrogens with one attached hydrogen (secondary N) is 1. The lowest BCUT2D eigenvalue weighted by Crippen LogP contribution is -2.28. The Labute approximate surface area is 293 Å². The molecule has 2 rings (SSSR count). The molecule has 276 valence electrons. The van der Waals surface area contributed by atoms with Crippen molar-refractivity contribution >= 4 is 64.3 Å². The fraction of sp³-hybridized carbons (Fsp3) is 0.441. The molecule has 0 saturated carbocycles. The summed E-state index contributed by atoms with van der Waals surface area (Å²) in [6, 6.07) is 12.1. The number of rotatable bonds is 24. The Balaban J connectivity index is 2.12. The van der Waals surface area contributed by atoms with E-state index in [2.05, 4.69) is 20.4 Å². The normalized spacial score (nSPS) is 10.7. The van der Waals surface area contributed by atoms with E-state index in [4.69, 9.17) is 24.9 Å². The molecular weight excluding hydrogens is 672 g/mol. The smallest absolute Gasteiger partial charge is 0.342 e. The van der Waals surface area contributed by atoms with E-state index < -0.39 is 29.8 Å². The van der Waals surface area contributed by atoms with Gasteiger partial charge in [-0.25, -0.2) is 4.79 Å². The summed E-state index contributed by atoms with van der Waals surface area (Å²) in [5, 5.41) is 37.1. The summed E-state index contributed by atoms with van der Waals surface area (Å²) in [5.74, 6) is -4.86. The van der Waals surface area contributed by atoms with E-state index in [0.717, 1.165) is 5.56 Å². The Morgan fingerprint density at radius 2 is 1.27 bits per heavy atom. The zero-order chi connectivity index (χ0) is 37.6. The summed E-state index contributed by atoms with van der Waals surface area (Å²) in [6.45, 7) is 2.13. The van der Waals surface area contributed by atoms with Crippen molar-refractivity contribution in [1.29, 1.82) is 0 Å². The third-order valence-electron chi connectivity index (χ3n) is 7.02. The van der Waals surface area contributed by atoms with Crippen LogP contribution in [0.2, 0.25) is 0 Å². The lowest BCUT2D eigenvalue weighted by atomic mass is 10.0. The zero-order valence-electron chi connectivity index (χ0n) is 28.2. The summed E-state index contributed by atoms with van der Waals surface area (Å²) in [6.07, 6.45) is -0.0147. The third-order valence-corrected chi connectivity index (χ3v) is 7.02. The van der Waals surface area contributed by atoms with E-state index in [9.17, 15) is 33.6 Å². The number of carboxylic acid groups (broad SMARTS) is 2. The summed E-state index contributed by atoms with van der Waals surface area (Å²) in [7, 11) is 0. The van der Waals surface area contributed by atoms with E-state index in [1.807, 2.05) is 4.90 Å². The van der Waals surface area contributed by atoms with Gasteiger partial charge in [0.05, 0.1) is 56.7 Å². The quantitative estimate of drug-likeness (QED) is 0.0286. The number of carbonyl (C=O) groups is 7. The minimum absolute atomic E-state index is 0.0279. The van der Waals surface area contributed by atoms with E-state index in [0.29, 0.717) is 55.1 Å². The lowest BCUT2D eigenvalue weighted by Gasteiger charge is -2.26. The van der Waals surface area contributed by atoms with Gasteiger partial charge in [-0.1, -0.05) is 12.1 Å². The first-order valence-electron chi connectivity index (χ1n) is 16.1. The van der Waals surface area contributed by atoms with Crippen molar-refractivity contribution in [2.45, 2.75) is 71.1 Å². The van der Waals surface area contributed by atoms with Crippen LogP contribution in [0.25, 0.3) is 0 Å². The number of hydrogen-bond acceptors (Lipinski definition) is 14. The van der Waals surface area contributed by atoms with Gasteiger partial charge in [-0.3, -0.25) is 28.8 Å². The molecule has 4 N–H and O–H groups in total. The van der Waals surface area contributed by atoms with Gasteiger partial charge in [0.25, 0.3) is 0 Å². The number of aryl methyl sites for hydroxylation is 1. The van der Waals surface area contributed by atoms with E-state index in [1.165, 1.54) is 6.92 Å². The number of ketones is 1. The summed E-state index contributed by atoms with van der Waals surface area (Å²) >= 11 is 0. The molecule has 0 saturated heterocycles. The molecule has 17 heteroatoms. The standard InChI is InChI=1S/C34H42N4O13/c1-23(39)35-29-22-26(9-12-28(29)37-36-25-7-4-24(5-8-25)6-10-27(40)11-15-34(47)51-48)38(18-2-20-49-32(45)16-13-30(41)42)19-3-21-50-33(46)17-14-31(43)44/h4-5,7-9,12,22,48H,2-3,6,10-11,13-21H2,1H3,(H,35,39)(H,41,42)(H,43,44). The van der Waals surface area contributed by atoms with Crippen LogP contribution in [0.5, 0.6) is 0 Å². The van der Waals surface area contributed by atoms with E-state index >= 15 is 0 Å². The van der Waals surface area contributed by atoms with Gasteiger partial charge in [0.15, 0.2) is 0 Å². The van der Waals surface area contributed by atoms with Crippen molar-refractivity contribution < 1.29 is 63.4 Å². The lowest BCUT2D eigenvalue weighted by molar-refractivity contribution is -0.234. The van der Waals surface area contributed by atoms with Crippen LogP contribution in [0.4, 0.5) is 22.7 Å². The number of nitrogens with zero attached hydrogens (tertiary/aromatic N) is 3. The number of hydrogen-bond donors (Lipinski definition) is 4. The van der Waals surface area contributed by atoms with Crippen LogP contribution in [0.15, 0.2) is 52.7 Å². The van der Waals surface area contributed by atoms with Crippen LogP contribution >= 0.6 is 0 Å². The predicted octanol–water partition coefficient (Wildman–Crippen LogP) is 4.76. The number of carbonyl (C=O) groups excluding carboxylic acids is 5. The minimum Gasteiger partial charge on any atom is -0.481 e. The predicted molar refractivity (Wildman–Crippen MR) is 180 cm³/mol. The molecule has 0 radical (unpaired) electrons. The van der Waals surface area contributed by atoms with Gasteiger partial charge in [0, 0.05) is 38.5 Å². The highest BCUT2D eigenvalue weighted by Gasteiger charge is 2.14. The maximum Gasteiger partial charge on any atom is 0.342 e. The zero-order valence-corrected chi connectivity index (χ0v) is 28.2. The maximum absolute atomic E-state index is 12.1. The van der Waals surface area contributed by atoms with Crippen LogP contribution in [0.1, 0.15) is 70.3 Å². The molecule has 0 bridgehead atoms. The Bertz CT molecular complexity index is 1510. The summed E-state index contributed by atoms with van der Waals surface area (Å²) in [5.41, 5.74) is 2.73. The van der Waals surface area contributed by atoms with Crippen LogP contribution in [-0.4, -0.2) is 83.3 Å². The highest BCUT2D eigenvalue weighted by Crippen LogP contribution is 2.32. The van der Waals surface area contributed by atoms with Crippen LogP contribution < -0.4 is 10.2 Å². The van der Waals surface area contributed by atoms with Crippen LogP contribution in [0, 0.1) is 0 Å². The molecule has 0 atom stereocenters. The van der Waals surface area contributed by atoms with Crippen LogP contribution in [0.3, 0.4) is 0 Å². The topological polar surface area (TPSA) is 248 Å². The molecule has 51 heavy (non-hydrogen) atoms. The van der Waals surface area contributed by atoms with Gasteiger partial charge < -0.3 is 34.8 Å². The molecule has 17 nitrogen and oxygen atoms in total. The molecular formula is C34H42N4O13. The van der Waals surface area contributed by atoms with Crippen molar-refractivity contribution in [2.75, 3.05) is 36.5 Å². The van der Waals surface area contributed by atoms with Gasteiger partial charge >= 0.3 is 29.8 Å². The third kappa shape index (κ3) is 18.0. The highest BCUT2D eigenvalue weighted by molar-refractivity contribution is 5.93. The number of benzene rings is 2. The minimum atomic E-state index is -1.11. The molecule has 1 amide bonds. The van der Waals surface area contributed by atoms with Gasteiger partial charge in [-0.15, -0.1) is 5.11 Å². The molecule has 0 fully saturated rings. The van der Waals surface area contributed by atoms with Gasteiger partial charge in [-0.2, -0.15) is 10.4 Å². The summed E-state index contributed by atoms with van der Waals surface area (Å²) < 4.78 is 10.3. The number of ether oxygens (including phenoxy) is 2. The molecule has 0 aromatic heterocycles. The van der Waals surface area contributed by atoms with E-state index in [1.54, 1.807) is 42.5 Å². The number of aliphatic carboxylic acids is 2. The van der Waals surface area contributed by atoms with Crippen molar-refractivity contribution in [3.8, 4) is 0 Å². The molecule has 0 aliphatic carbocycles. The number of carboxylic acids is 2. The van der Waals surface area contributed by atoms with Crippen molar-refractivity contribution in [3.63, 3.8) is 0 Å². The van der Waals surface area contributed by atoms with Gasteiger partial charge in [0.2, 0.25) is 5.91 Å². The van der Waals surface area contributed by atoms with E-state index in [-0.39, 0.29) is 69.8 Å². The van der Waals surface area contributed by atoms with Gasteiger partial charge in [-0.05, 0) is 55.2 Å². The number of anilines is 2. The average Bonchev–Trinajstić information content (AvgIpc) is 3.10. The second kappa shape index (κ2) is 22.8. The van der Waals surface area contributed by atoms with Gasteiger partial charge in [0.1, 0.15) is 11.5 Å². The van der Waals surface area contributed by atoms with Crippen LogP contribution in [-0.2, 0) is 54.3 Å². The molecule has 0 aliphatic heterocycles. The largest absolute Gasteiger partial charge is 0.481 e. The SMILES string of the molecule is CC(=O)Nc1cc(N(CCCOC(=O)CCC(=O)O)CCCOC(=O)CCC(=O)O)ccc1N=Nc1ccc(CCC(=O)CCC(=O)OO)cc1. The number of Topliss-reactive ketones (excluding diaryl/α,β-unsaturated/α-hetero) is 1. The Morgan fingerprint density at radius 1 is 0.706 bits per heavy atom. The fourth-order valence-electron chi connectivity index (χ4n) is 4.45. The first-order chi connectivity index (χ1) is 24.4. The molecule has 0 aliphatic rings. The summed E-state index contributed by atoms with van der Waals surface area (Å²) in [4.78, 5) is 85.6. The van der Waals surface area contributed by atoms with Crippen molar-refractivity contribution in [1.82, 2.24) is 0 Å². The first kappa shape index (κ1) is 41.5. The number of azo groups is 1. The maximum atomic E-state index is 12.1. The Hall–Kier alpha value is -5.71. The average molecular weight is 715 g/mol. The molecule has 2 aromatic rings. The van der Waals surface area contributed by atoms with Crippen molar-refractivity contribution in [2.24, 2.45) is 10.2 Å². The molecule has 2 aromatic carbocycles. The Morgan fingerprint density at radius 3 is 1.80 bits per heavy atom. The fourth-order valence-corrected chi connectivity index (χ4v) is 4.45. The second-order valence-electron chi connectivity index (χ2n) is 11.2. The monoisotopic (exact) mass is 714 g/mol. The first-order valence-corrected chi connectivity index (χ1v) is 16.1. The number of esters is 2. The molecule has 0 heterocycles. The highest BCUT2D eigenvalue weighted by atomic mass is 17.1. The second-order valence-corrected chi connectivity index (χ2v) is 11.2. The Kier molecular flexibility index (Phi) is 18.6. The molecule has 0 unspecified atom stereocenters. The van der Waals surface area contributed by atoms with Crippen molar-refractivity contribution in [3.05, 3.63) is 48.0 Å². The number of amides is 1. The molecule has 0 spiro atoms.